The molecule has 2 atom stereocenters. The van der Waals surface area contributed by atoms with Crippen molar-refractivity contribution in [2.24, 2.45) is 0 Å². The minimum atomic E-state index is -0.174. The number of anilines is 1. The van der Waals surface area contributed by atoms with E-state index in [2.05, 4.69) is 15.5 Å². The van der Waals surface area contributed by atoms with E-state index in [0.717, 1.165) is 27.2 Å². The molecule has 1 aromatic carbocycles. The van der Waals surface area contributed by atoms with Gasteiger partial charge < -0.3 is 14.8 Å². The number of hydrogen-bond donors (Lipinski definition) is 1. The minimum absolute atomic E-state index is 0.0133. The monoisotopic (exact) mass is 351 g/mol. The molecule has 1 aliphatic rings. The van der Waals surface area contributed by atoms with Crippen LogP contribution >= 0.6 is 23.1 Å². The number of methoxy groups -OCH3 is 1. The average molecular weight is 351 g/mol. The summed E-state index contributed by atoms with van der Waals surface area (Å²) in [5.41, 5.74) is 1.13. The Labute approximate surface area is 142 Å². The lowest BCUT2D eigenvalue weighted by Gasteiger charge is -2.04. The second-order valence-corrected chi connectivity index (χ2v) is 7.59. The van der Waals surface area contributed by atoms with E-state index < -0.39 is 0 Å². The van der Waals surface area contributed by atoms with Gasteiger partial charge in [-0.3, -0.25) is 4.79 Å². The molecule has 1 N–H and O–H groups in total. The molecule has 0 radical (unpaired) electrons. The van der Waals surface area contributed by atoms with Crippen LogP contribution < -0.4 is 10.1 Å². The van der Waals surface area contributed by atoms with Crippen molar-refractivity contribution >= 4 is 34.2 Å². The minimum Gasteiger partial charge on any atom is -0.497 e. The van der Waals surface area contributed by atoms with Gasteiger partial charge in [-0.05, 0) is 24.6 Å². The van der Waals surface area contributed by atoms with E-state index in [-0.39, 0.29) is 17.3 Å². The van der Waals surface area contributed by atoms with Gasteiger partial charge in [-0.2, -0.15) is 0 Å². The molecule has 0 amide bonds. The Bertz CT molecular complexity index is 675. The zero-order chi connectivity index (χ0) is 16.2. The molecule has 0 bridgehead atoms. The van der Waals surface area contributed by atoms with E-state index >= 15 is 0 Å². The molecule has 0 unspecified atom stereocenters. The van der Waals surface area contributed by atoms with Crippen LogP contribution in [-0.2, 0) is 16.1 Å². The van der Waals surface area contributed by atoms with Gasteiger partial charge >= 0.3 is 5.97 Å². The van der Waals surface area contributed by atoms with Crippen molar-refractivity contribution in [1.29, 1.82) is 0 Å². The number of thioether (sulfide) groups is 1. The smallest absolute Gasteiger partial charge is 0.319 e. The fourth-order valence-corrected chi connectivity index (χ4v) is 4.29. The number of nitrogens with one attached hydrogen (secondary N) is 1. The Kier molecular flexibility index (Phi) is 5.02. The Morgan fingerprint density at radius 2 is 2.17 bits per heavy atom. The summed E-state index contributed by atoms with van der Waals surface area (Å²) in [5, 5.41) is 12.0. The molecule has 122 valence electrons. The highest BCUT2D eigenvalue weighted by Gasteiger charge is 2.33. The highest BCUT2D eigenvalue weighted by molar-refractivity contribution is 8.02. The third-order valence-corrected chi connectivity index (χ3v) is 5.55. The van der Waals surface area contributed by atoms with Gasteiger partial charge in [-0.1, -0.05) is 35.2 Å². The Morgan fingerprint density at radius 3 is 2.83 bits per heavy atom. The lowest BCUT2D eigenvalue weighted by Crippen LogP contribution is -2.08. The quantitative estimate of drug-likeness (QED) is 0.802. The largest absolute Gasteiger partial charge is 0.497 e. The third-order valence-electron chi connectivity index (χ3n) is 3.38. The molecule has 2 aromatic rings. The van der Waals surface area contributed by atoms with Crippen LogP contribution in [0.2, 0.25) is 0 Å². The fraction of sp³-hybridized carbons (Fsp3) is 0.400. The van der Waals surface area contributed by atoms with Crippen molar-refractivity contribution in [2.75, 3.05) is 12.4 Å². The summed E-state index contributed by atoms with van der Waals surface area (Å²) in [6, 6.07) is 7.84. The molecule has 1 aliphatic heterocycles. The van der Waals surface area contributed by atoms with Crippen molar-refractivity contribution in [3.8, 4) is 5.75 Å². The van der Waals surface area contributed by atoms with Gasteiger partial charge in [0, 0.05) is 13.0 Å². The van der Waals surface area contributed by atoms with Crippen LogP contribution in [0, 0.1) is 0 Å². The van der Waals surface area contributed by atoms with Crippen molar-refractivity contribution in [2.45, 2.75) is 35.6 Å². The molecular formula is C15H17N3O3S2. The summed E-state index contributed by atoms with van der Waals surface area (Å²) in [6.45, 7) is 2.56. The van der Waals surface area contributed by atoms with Crippen LogP contribution in [0.15, 0.2) is 28.6 Å². The van der Waals surface area contributed by atoms with Crippen molar-refractivity contribution in [3.05, 3.63) is 29.8 Å². The average Bonchev–Trinajstić information content (AvgIpc) is 3.12. The number of rotatable bonds is 6. The van der Waals surface area contributed by atoms with Gasteiger partial charge in [0.15, 0.2) is 4.34 Å². The van der Waals surface area contributed by atoms with Crippen LogP contribution in [0.3, 0.4) is 0 Å². The first-order chi connectivity index (χ1) is 11.1. The Balaban J connectivity index is 1.53. The number of aromatic nitrogens is 2. The molecule has 1 saturated heterocycles. The van der Waals surface area contributed by atoms with E-state index in [1.54, 1.807) is 7.11 Å². The second-order valence-electron chi connectivity index (χ2n) is 5.16. The predicted octanol–water partition coefficient (Wildman–Crippen LogP) is 2.95. The molecule has 0 saturated carbocycles. The molecule has 0 aliphatic carbocycles. The maximum atomic E-state index is 11.6. The van der Waals surface area contributed by atoms with Gasteiger partial charge in [0.2, 0.25) is 5.13 Å². The van der Waals surface area contributed by atoms with Crippen molar-refractivity contribution in [1.82, 2.24) is 10.2 Å². The van der Waals surface area contributed by atoms with E-state index in [0.29, 0.717) is 6.54 Å². The van der Waals surface area contributed by atoms with E-state index in [9.17, 15) is 4.79 Å². The number of carbonyl (C=O) groups is 1. The van der Waals surface area contributed by atoms with Gasteiger partial charge in [0.1, 0.15) is 17.1 Å². The summed E-state index contributed by atoms with van der Waals surface area (Å²) in [7, 11) is 1.65. The highest BCUT2D eigenvalue weighted by Crippen LogP contribution is 2.34. The number of hydrogen-bond acceptors (Lipinski definition) is 8. The molecule has 1 aromatic heterocycles. The van der Waals surface area contributed by atoms with E-state index in [1.807, 2.05) is 31.2 Å². The fourth-order valence-electron chi connectivity index (χ4n) is 2.19. The number of benzene rings is 1. The van der Waals surface area contributed by atoms with Crippen LogP contribution in [0.25, 0.3) is 0 Å². The van der Waals surface area contributed by atoms with Gasteiger partial charge in [0.05, 0.1) is 7.11 Å². The molecular weight excluding hydrogens is 334 g/mol. The Morgan fingerprint density at radius 1 is 1.39 bits per heavy atom. The summed E-state index contributed by atoms with van der Waals surface area (Å²) >= 11 is 2.87. The molecule has 3 rings (SSSR count). The summed E-state index contributed by atoms with van der Waals surface area (Å²) < 4.78 is 11.1. The predicted molar refractivity (Wildman–Crippen MR) is 90.0 cm³/mol. The molecule has 8 heteroatoms. The summed E-state index contributed by atoms with van der Waals surface area (Å²) in [4.78, 5) is 11.6. The SMILES string of the molecule is COc1ccc(CNc2nnc(S[C@@H]3C[C@@H](C)OC3=O)s2)cc1. The van der Waals surface area contributed by atoms with Crippen LogP contribution in [0.1, 0.15) is 18.9 Å². The molecule has 2 heterocycles. The normalized spacial score (nSPS) is 20.3. The van der Waals surface area contributed by atoms with Crippen LogP contribution in [-0.4, -0.2) is 34.6 Å². The first kappa shape index (κ1) is 16.1. The van der Waals surface area contributed by atoms with E-state index in [4.69, 9.17) is 9.47 Å². The van der Waals surface area contributed by atoms with Crippen molar-refractivity contribution < 1.29 is 14.3 Å². The third kappa shape index (κ3) is 4.14. The lowest BCUT2D eigenvalue weighted by atomic mass is 10.2. The topological polar surface area (TPSA) is 73.3 Å². The maximum Gasteiger partial charge on any atom is 0.319 e. The summed E-state index contributed by atoms with van der Waals surface area (Å²) in [6.07, 6.45) is 0.707. The zero-order valence-electron chi connectivity index (χ0n) is 12.8. The number of ether oxygens (including phenoxy) is 2. The molecule has 1 fully saturated rings. The van der Waals surface area contributed by atoms with Crippen LogP contribution in [0.4, 0.5) is 5.13 Å². The number of esters is 1. The molecule has 23 heavy (non-hydrogen) atoms. The second kappa shape index (κ2) is 7.18. The maximum absolute atomic E-state index is 11.6. The van der Waals surface area contributed by atoms with Gasteiger partial charge in [0.25, 0.3) is 0 Å². The Hall–Kier alpha value is -1.80. The lowest BCUT2D eigenvalue weighted by molar-refractivity contribution is -0.140. The molecule has 6 nitrogen and oxygen atoms in total. The summed E-state index contributed by atoms with van der Waals surface area (Å²) in [5.74, 6) is 0.673. The van der Waals surface area contributed by atoms with Crippen LogP contribution in [0.5, 0.6) is 5.75 Å². The highest BCUT2D eigenvalue weighted by atomic mass is 32.2. The first-order valence-corrected chi connectivity index (χ1v) is 8.91. The molecule has 0 spiro atoms. The standard InChI is InChI=1S/C15H17N3O3S2/c1-9-7-12(13(19)21-9)22-15-18-17-14(23-15)16-8-10-3-5-11(20-2)6-4-10/h3-6,9,12H,7-8H2,1-2H3,(H,16,17)/t9-,12-/m1/s1. The number of carbonyl (C=O) groups excluding carboxylic acids is 1. The van der Waals surface area contributed by atoms with E-state index in [1.165, 1.54) is 23.1 Å². The number of cyclic esters (lactones) is 1. The van der Waals surface area contributed by atoms with Gasteiger partial charge in [-0.15, -0.1) is 10.2 Å². The van der Waals surface area contributed by atoms with Gasteiger partial charge in [-0.25, -0.2) is 0 Å². The zero-order valence-corrected chi connectivity index (χ0v) is 14.4. The first-order valence-electron chi connectivity index (χ1n) is 7.21. The van der Waals surface area contributed by atoms with Crippen molar-refractivity contribution in [3.63, 3.8) is 0 Å². The number of nitrogens with zero attached hydrogens (tertiary/aromatic N) is 2.